The first kappa shape index (κ1) is 13.9. The molecule has 2 rings (SSSR count). The van der Waals surface area contributed by atoms with Crippen LogP contribution in [0.2, 0.25) is 0 Å². The monoisotopic (exact) mass is 388 g/mol. The normalized spacial score (nSPS) is 22.5. The second kappa shape index (κ2) is 5.64. The average molecular weight is 390 g/mol. The van der Waals surface area contributed by atoms with Gasteiger partial charge in [-0.1, -0.05) is 15.9 Å². The molecule has 0 bridgehead atoms. The van der Waals surface area contributed by atoms with E-state index < -0.39 is 5.54 Å². The van der Waals surface area contributed by atoms with Crippen LogP contribution in [0.1, 0.15) is 16.8 Å². The van der Waals surface area contributed by atoms with E-state index >= 15 is 0 Å². The van der Waals surface area contributed by atoms with Crippen LogP contribution in [-0.4, -0.2) is 23.0 Å². The van der Waals surface area contributed by atoms with Crippen LogP contribution in [0, 0.1) is 11.3 Å². The highest BCUT2D eigenvalue weighted by Gasteiger charge is 2.36. The minimum absolute atomic E-state index is 0.210. The highest BCUT2D eigenvalue weighted by Crippen LogP contribution is 2.28. The Morgan fingerprint density at radius 1 is 1.50 bits per heavy atom. The molecule has 1 N–H and O–H groups in total. The zero-order valence-corrected chi connectivity index (χ0v) is 13.4. The summed E-state index contributed by atoms with van der Waals surface area (Å²) in [4.78, 5) is 12.2. The van der Waals surface area contributed by atoms with E-state index in [1.807, 2.05) is 12.1 Å². The Bertz CT molecular complexity index is 521. The van der Waals surface area contributed by atoms with E-state index in [9.17, 15) is 10.1 Å². The van der Waals surface area contributed by atoms with Crippen molar-refractivity contribution in [2.24, 2.45) is 0 Å². The van der Waals surface area contributed by atoms with E-state index in [1.165, 1.54) is 0 Å². The molecule has 1 aromatic carbocycles. The Balaban J connectivity index is 2.19. The molecule has 94 valence electrons. The number of carbonyl (C=O) groups is 1. The Morgan fingerprint density at radius 2 is 2.28 bits per heavy atom. The summed E-state index contributed by atoms with van der Waals surface area (Å²) < 4.78 is 1.62. The Hall–Kier alpha value is -0.510. The van der Waals surface area contributed by atoms with Crippen LogP contribution in [-0.2, 0) is 0 Å². The molecule has 1 aliphatic heterocycles. The van der Waals surface area contributed by atoms with Gasteiger partial charge in [-0.2, -0.15) is 17.0 Å². The number of thioether (sulfide) groups is 1. The Kier molecular flexibility index (Phi) is 4.36. The van der Waals surface area contributed by atoms with Gasteiger partial charge in [0.25, 0.3) is 5.91 Å². The predicted octanol–water partition coefficient (Wildman–Crippen LogP) is 3.34. The van der Waals surface area contributed by atoms with E-state index in [0.29, 0.717) is 22.2 Å². The highest BCUT2D eigenvalue weighted by molar-refractivity contribution is 9.11. The molecule has 1 heterocycles. The molecule has 1 fully saturated rings. The van der Waals surface area contributed by atoms with Gasteiger partial charge in [-0.05, 0) is 46.3 Å². The fraction of sp³-hybridized carbons (Fsp3) is 0.333. The first-order valence-electron chi connectivity index (χ1n) is 5.33. The quantitative estimate of drug-likeness (QED) is 0.843. The molecule has 0 saturated carbocycles. The molecule has 1 aliphatic rings. The molecule has 1 atom stereocenters. The zero-order chi connectivity index (χ0) is 13.2. The predicted molar refractivity (Wildman–Crippen MR) is 79.6 cm³/mol. The van der Waals surface area contributed by atoms with Gasteiger partial charge in [0, 0.05) is 14.7 Å². The molecular weight excluding hydrogens is 380 g/mol. The standard InChI is InChI=1S/C12H10Br2N2OS/c13-8-1-2-9(10(14)5-8)11(17)16-12(6-15)3-4-18-7-12/h1-2,5H,3-4,7H2,(H,16,17). The van der Waals surface area contributed by atoms with Crippen LogP contribution in [0.25, 0.3) is 0 Å². The van der Waals surface area contributed by atoms with Gasteiger partial charge < -0.3 is 5.32 Å². The number of nitrogens with zero attached hydrogens (tertiary/aromatic N) is 1. The van der Waals surface area contributed by atoms with Crippen molar-refractivity contribution in [2.75, 3.05) is 11.5 Å². The lowest BCUT2D eigenvalue weighted by atomic mass is 10.0. The van der Waals surface area contributed by atoms with Crippen LogP contribution in [0.4, 0.5) is 0 Å². The molecular formula is C12H10Br2N2OS. The maximum Gasteiger partial charge on any atom is 0.253 e. The SMILES string of the molecule is N#CC1(NC(=O)c2ccc(Br)cc2Br)CCSC1. The van der Waals surface area contributed by atoms with Gasteiger partial charge in [0.2, 0.25) is 0 Å². The number of amides is 1. The van der Waals surface area contributed by atoms with Gasteiger partial charge in [0.05, 0.1) is 11.6 Å². The number of nitriles is 1. The average Bonchev–Trinajstić information content (AvgIpc) is 2.78. The van der Waals surface area contributed by atoms with Gasteiger partial charge in [-0.25, -0.2) is 0 Å². The van der Waals surface area contributed by atoms with Crippen molar-refractivity contribution < 1.29 is 4.79 Å². The molecule has 6 heteroatoms. The number of hydrogen-bond acceptors (Lipinski definition) is 3. The van der Waals surface area contributed by atoms with Gasteiger partial charge in [0.1, 0.15) is 5.54 Å². The maximum absolute atomic E-state index is 12.2. The Morgan fingerprint density at radius 3 is 2.83 bits per heavy atom. The summed E-state index contributed by atoms with van der Waals surface area (Å²) >= 11 is 8.39. The largest absolute Gasteiger partial charge is 0.333 e. The molecule has 0 spiro atoms. The van der Waals surface area contributed by atoms with Crippen molar-refractivity contribution in [2.45, 2.75) is 12.0 Å². The molecule has 1 saturated heterocycles. The lowest BCUT2D eigenvalue weighted by Crippen LogP contribution is -2.47. The second-order valence-electron chi connectivity index (χ2n) is 4.07. The van der Waals surface area contributed by atoms with Crippen LogP contribution in [0.5, 0.6) is 0 Å². The van der Waals surface area contributed by atoms with Crippen molar-refractivity contribution >= 4 is 49.5 Å². The van der Waals surface area contributed by atoms with Gasteiger partial charge in [-0.3, -0.25) is 4.79 Å². The lowest BCUT2D eigenvalue weighted by molar-refractivity contribution is 0.0925. The summed E-state index contributed by atoms with van der Waals surface area (Å²) in [6, 6.07) is 7.59. The lowest BCUT2D eigenvalue weighted by Gasteiger charge is -2.21. The van der Waals surface area contributed by atoms with E-state index in [4.69, 9.17) is 0 Å². The number of carbonyl (C=O) groups excluding carboxylic acids is 1. The summed E-state index contributed by atoms with van der Waals surface area (Å²) in [6.45, 7) is 0. The Labute approximate surface area is 127 Å². The van der Waals surface area contributed by atoms with E-state index in [-0.39, 0.29) is 5.91 Å². The molecule has 1 unspecified atom stereocenters. The topological polar surface area (TPSA) is 52.9 Å². The summed E-state index contributed by atoms with van der Waals surface area (Å²) in [5.41, 5.74) is -0.168. The van der Waals surface area contributed by atoms with Gasteiger partial charge >= 0.3 is 0 Å². The van der Waals surface area contributed by atoms with Crippen LogP contribution in [0.3, 0.4) is 0 Å². The third kappa shape index (κ3) is 2.90. The minimum Gasteiger partial charge on any atom is -0.333 e. The van der Waals surface area contributed by atoms with Crippen molar-refractivity contribution in [1.82, 2.24) is 5.32 Å². The molecule has 1 aromatic rings. The van der Waals surface area contributed by atoms with Crippen molar-refractivity contribution in [3.8, 4) is 6.07 Å². The molecule has 1 amide bonds. The fourth-order valence-corrected chi connectivity index (χ4v) is 4.23. The molecule has 0 radical (unpaired) electrons. The summed E-state index contributed by atoms with van der Waals surface area (Å²) in [7, 11) is 0. The summed E-state index contributed by atoms with van der Waals surface area (Å²) in [6.07, 6.45) is 0.702. The second-order valence-corrected chi connectivity index (χ2v) is 6.95. The fourth-order valence-electron chi connectivity index (χ4n) is 1.74. The van der Waals surface area contributed by atoms with Crippen molar-refractivity contribution in [3.05, 3.63) is 32.7 Å². The van der Waals surface area contributed by atoms with E-state index in [2.05, 4.69) is 43.2 Å². The summed E-state index contributed by atoms with van der Waals surface area (Å²) in [5.74, 6) is 1.36. The van der Waals surface area contributed by atoms with Gasteiger partial charge in [-0.15, -0.1) is 0 Å². The highest BCUT2D eigenvalue weighted by atomic mass is 79.9. The van der Waals surface area contributed by atoms with Crippen molar-refractivity contribution in [3.63, 3.8) is 0 Å². The third-order valence-electron chi connectivity index (χ3n) is 2.76. The number of hydrogen-bond donors (Lipinski definition) is 1. The van der Waals surface area contributed by atoms with E-state index in [1.54, 1.807) is 17.8 Å². The van der Waals surface area contributed by atoms with Crippen LogP contribution < -0.4 is 5.32 Å². The summed E-state index contributed by atoms with van der Waals surface area (Å²) in [5, 5.41) is 12.1. The number of benzene rings is 1. The van der Waals surface area contributed by atoms with Gasteiger partial charge in [0.15, 0.2) is 0 Å². The molecule has 0 aromatic heterocycles. The molecule has 3 nitrogen and oxygen atoms in total. The van der Waals surface area contributed by atoms with Crippen LogP contribution >= 0.6 is 43.6 Å². The number of halogens is 2. The van der Waals surface area contributed by atoms with Crippen LogP contribution in [0.15, 0.2) is 27.1 Å². The number of rotatable bonds is 2. The zero-order valence-electron chi connectivity index (χ0n) is 9.37. The third-order valence-corrected chi connectivity index (χ3v) is 5.10. The minimum atomic E-state index is -0.714. The molecule has 0 aliphatic carbocycles. The number of nitrogens with one attached hydrogen (secondary N) is 1. The first-order valence-corrected chi connectivity index (χ1v) is 8.07. The maximum atomic E-state index is 12.2. The molecule has 18 heavy (non-hydrogen) atoms. The van der Waals surface area contributed by atoms with E-state index in [0.717, 1.165) is 10.2 Å². The first-order chi connectivity index (χ1) is 8.56. The smallest absolute Gasteiger partial charge is 0.253 e. The van der Waals surface area contributed by atoms with Crippen molar-refractivity contribution in [1.29, 1.82) is 5.26 Å².